The molecule has 4 heterocycles. The zero-order valence-corrected chi connectivity index (χ0v) is 16.8. The summed E-state index contributed by atoms with van der Waals surface area (Å²) in [6, 6.07) is 10.8. The predicted octanol–water partition coefficient (Wildman–Crippen LogP) is 3.07. The summed E-state index contributed by atoms with van der Waals surface area (Å²) in [5.41, 5.74) is 1.89. The molecule has 0 unspecified atom stereocenters. The molecule has 0 N–H and O–H groups in total. The van der Waals surface area contributed by atoms with Gasteiger partial charge < -0.3 is 14.2 Å². The number of likely N-dealkylation sites (tertiary alicyclic amines) is 1. The summed E-state index contributed by atoms with van der Waals surface area (Å²) in [5.74, 6) is 1.21. The van der Waals surface area contributed by atoms with Gasteiger partial charge in [-0.1, -0.05) is 30.3 Å². The van der Waals surface area contributed by atoms with Crippen molar-refractivity contribution in [2.24, 2.45) is 11.8 Å². The van der Waals surface area contributed by atoms with E-state index in [1.54, 1.807) is 6.92 Å². The molecule has 3 aliphatic heterocycles. The first-order chi connectivity index (χ1) is 14.1. The number of hydrogen-bond donors (Lipinski definition) is 0. The smallest absolute Gasteiger partial charge is 0.291 e. The monoisotopic (exact) mass is 393 g/mol. The van der Waals surface area contributed by atoms with Gasteiger partial charge in [0.25, 0.3) is 5.91 Å². The maximum Gasteiger partial charge on any atom is 0.291 e. The highest BCUT2D eigenvalue weighted by molar-refractivity contribution is 5.92. The number of nitrogens with zero attached hydrogens (tertiary/aromatic N) is 3. The zero-order valence-electron chi connectivity index (χ0n) is 16.8. The molecular weight excluding hydrogens is 366 g/mol. The van der Waals surface area contributed by atoms with Crippen LogP contribution in [-0.2, 0) is 11.2 Å². The van der Waals surface area contributed by atoms with E-state index in [0.29, 0.717) is 48.7 Å². The van der Waals surface area contributed by atoms with Crippen LogP contribution in [-0.4, -0.2) is 51.8 Å². The summed E-state index contributed by atoms with van der Waals surface area (Å²) in [4.78, 5) is 34.3. The standard InChI is InChI=1S/C23H27N3O3/c1-15-22(29-14-24-15)23(28)25-12-17-11-18(13-25)20(10-16-6-3-2-4-7-16)26-19(17)8-5-9-21(26)27/h2-4,6-7,14,17-20H,5,8-13H2,1H3/t17-,18+,19+,20+/m1/s1. The second-order valence-electron chi connectivity index (χ2n) is 8.75. The molecule has 0 aliphatic carbocycles. The first kappa shape index (κ1) is 18.4. The van der Waals surface area contributed by atoms with Gasteiger partial charge in [-0.15, -0.1) is 0 Å². The van der Waals surface area contributed by atoms with E-state index >= 15 is 0 Å². The van der Waals surface area contributed by atoms with Crippen molar-refractivity contribution in [2.45, 2.75) is 51.1 Å². The molecule has 2 bridgehead atoms. The fourth-order valence-electron chi connectivity index (χ4n) is 5.71. The second-order valence-corrected chi connectivity index (χ2v) is 8.75. The number of oxazole rings is 1. The zero-order chi connectivity index (χ0) is 20.0. The van der Waals surface area contributed by atoms with E-state index in [1.165, 1.54) is 12.0 Å². The molecule has 6 nitrogen and oxygen atoms in total. The van der Waals surface area contributed by atoms with E-state index in [9.17, 15) is 9.59 Å². The molecule has 3 saturated heterocycles. The lowest BCUT2D eigenvalue weighted by Gasteiger charge is -2.56. The lowest BCUT2D eigenvalue weighted by atomic mass is 9.70. The van der Waals surface area contributed by atoms with Gasteiger partial charge in [0.15, 0.2) is 6.39 Å². The van der Waals surface area contributed by atoms with Crippen molar-refractivity contribution in [1.82, 2.24) is 14.8 Å². The number of amides is 2. The Hall–Kier alpha value is -2.63. The SMILES string of the molecule is Cc1ncoc1C(=O)N1C[C@H]2C[C@@H](C1)[C@H](Cc1ccccc1)N1C(=O)CCC[C@@H]21. The fraction of sp³-hybridized carbons (Fsp3) is 0.522. The topological polar surface area (TPSA) is 66.7 Å². The van der Waals surface area contributed by atoms with Crippen LogP contribution in [0.5, 0.6) is 0 Å². The number of fused-ring (bicyclic) bond motifs is 4. The van der Waals surface area contributed by atoms with Gasteiger partial charge in [-0.25, -0.2) is 4.98 Å². The predicted molar refractivity (Wildman–Crippen MR) is 107 cm³/mol. The lowest BCUT2D eigenvalue weighted by Crippen LogP contribution is -2.66. The molecule has 1 aromatic heterocycles. The van der Waals surface area contributed by atoms with Crippen molar-refractivity contribution in [3.63, 3.8) is 0 Å². The summed E-state index contributed by atoms with van der Waals surface area (Å²) in [5, 5.41) is 0. The van der Waals surface area contributed by atoms with Crippen LogP contribution in [0.25, 0.3) is 0 Å². The van der Waals surface area contributed by atoms with Gasteiger partial charge in [-0.05, 0) is 50.0 Å². The second kappa shape index (κ2) is 7.32. The highest BCUT2D eigenvalue weighted by atomic mass is 16.3. The number of carbonyl (C=O) groups is 2. The minimum Gasteiger partial charge on any atom is -0.438 e. The Morgan fingerprint density at radius 3 is 2.76 bits per heavy atom. The van der Waals surface area contributed by atoms with Gasteiger partial charge in [-0.3, -0.25) is 9.59 Å². The van der Waals surface area contributed by atoms with Gasteiger partial charge >= 0.3 is 0 Å². The van der Waals surface area contributed by atoms with Crippen LogP contribution in [0.3, 0.4) is 0 Å². The van der Waals surface area contributed by atoms with Crippen LogP contribution in [0.4, 0.5) is 0 Å². The van der Waals surface area contributed by atoms with Crippen LogP contribution in [0.1, 0.15) is 47.5 Å². The highest BCUT2D eigenvalue weighted by Crippen LogP contribution is 2.42. The fourth-order valence-corrected chi connectivity index (χ4v) is 5.71. The molecule has 1 aromatic carbocycles. The van der Waals surface area contributed by atoms with Crippen LogP contribution in [0, 0.1) is 18.8 Å². The lowest BCUT2D eigenvalue weighted by molar-refractivity contribution is -0.151. The van der Waals surface area contributed by atoms with Crippen molar-refractivity contribution in [3.8, 4) is 0 Å². The van der Waals surface area contributed by atoms with Crippen LogP contribution < -0.4 is 0 Å². The molecular formula is C23H27N3O3. The van der Waals surface area contributed by atoms with Gasteiger partial charge in [0.1, 0.15) is 0 Å². The van der Waals surface area contributed by atoms with E-state index < -0.39 is 0 Å². The number of hydrogen-bond acceptors (Lipinski definition) is 4. The van der Waals surface area contributed by atoms with Crippen molar-refractivity contribution in [1.29, 1.82) is 0 Å². The van der Waals surface area contributed by atoms with E-state index in [0.717, 1.165) is 25.7 Å². The van der Waals surface area contributed by atoms with Gasteiger partial charge in [-0.2, -0.15) is 0 Å². The Labute approximate surface area is 170 Å². The minimum absolute atomic E-state index is 0.0660. The molecule has 2 amide bonds. The molecule has 0 saturated carbocycles. The number of aryl methyl sites for hydroxylation is 1. The molecule has 3 fully saturated rings. The minimum atomic E-state index is -0.0660. The molecule has 152 valence electrons. The molecule has 3 aliphatic rings. The molecule has 0 spiro atoms. The first-order valence-corrected chi connectivity index (χ1v) is 10.7. The Morgan fingerprint density at radius 2 is 2.00 bits per heavy atom. The average molecular weight is 393 g/mol. The maximum atomic E-state index is 13.1. The number of carbonyl (C=O) groups excluding carboxylic acids is 2. The van der Waals surface area contributed by atoms with E-state index in [1.807, 2.05) is 11.0 Å². The number of rotatable bonds is 3. The first-order valence-electron chi connectivity index (χ1n) is 10.7. The summed E-state index contributed by atoms with van der Waals surface area (Å²) in [7, 11) is 0. The summed E-state index contributed by atoms with van der Waals surface area (Å²) in [6.45, 7) is 3.17. The molecule has 5 rings (SSSR count). The summed E-state index contributed by atoms with van der Waals surface area (Å²) < 4.78 is 5.38. The van der Waals surface area contributed by atoms with E-state index in [2.05, 4.69) is 34.1 Å². The van der Waals surface area contributed by atoms with Crippen molar-refractivity contribution in [3.05, 3.63) is 53.7 Å². The number of aromatic nitrogens is 1. The van der Waals surface area contributed by atoms with Crippen LogP contribution in [0.2, 0.25) is 0 Å². The maximum absolute atomic E-state index is 13.1. The Morgan fingerprint density at radius 1 is 1.21 bits per heavy atom. The molecule has 6 heteroatoms. The molecule has 0 radical (unpaired) electrons. The Kier molecular flexibility index (Phi) is 4.64. The summed E-state index contributed by atoms with van der Waals surface area (Å²) >= 11 is 0. The molecule has 4 atom stereocenters. The van der Waals surface area contributed by atoms with E-state index in [-0.39, 0.29) is 18.0 Å². The quantitative estimate of drug-likeness (QED) is 0.804. The normalized spacial score (nSPS) is 28.9. The van der Waals surface area contributed by atoms with Crippen molar-refractivity contribution in [2.75, 3.05) is 13.1 Å². The Balaban J connectivity index is 1.45. The largest absolute Gasteiger partial charge is 0.438 e. The Bertz CT molecular complexity index is 909. The van der Waals surface area contributed by atoms with Gasteiger partial charge in [0.2, 0.25) is 11.7 Å². The third kappa shape index (κ3) is 3.24. The van der Waals surface area contributed by atoms with Gasteiger partial charge in [0, 0.05) is 31.6 Å². The van der Waals surface area contributed by atoms with Gasteiger partial charge in [0.05, 0.1) is 5.69 Å². The third-order valence-electron chi connectivity index (χ3n) is 7.01. The highest BCUT2D eigenvalue weighted by Gasteiger charge is 2.50. The summed E-state index contributed by atoms with van der Waals surface area (Å²) in [6.07, 6.45) is 5.93. The van der Waals surface area contributed by atoms with E-state index in [4.69, 9.17) is 4.42 Å². The molecule has 29 heavy (non-hydrogen) atoms. The number of piperidine rings is 3. The number of benzene rings is 1. The molecule has 2 aromatic rings. The third-order valence-corrected chi connectivity index (χ3v) is 7.01. The van der Waals surface area contributed by atoms with Crippen LogP contribution in [0.15, 0.2) is 41.1 Å². The van der Waals surface area contributed by atoms with Crippen LogP contribution >= 0.6 is 0 Å². The van der Waals surface area contributed by atoms with Crippen molar-refractivity contribution < 1.29 is 14.0 Å². The average Bonchev–Trinajstić information content (AvgIpc) is 3.17. The van der Waals surface area contributed by atoms with Crippen molar-refractivity contribution >= 4 is 11.8 Å².